The minimum atomic E-state index is -0.133. The van der Waals surface area contributed by atoms with Crippen molar-refractivity contribution in [2.45, 2.75) is 44.8 Å². The Morgan fingerprint density at radius 1 is 1.29 bits per heavy atom. The molecule has 2 saturated carbocycles. The van der Waals surface area contributed by atoms with Gasteiger partial charge in [0.15, 0.2) is 11.8 Å². The topological polar surface area (TPSA) is 71.0 Å². The lowest BCUT2D eigenvalue weighted by Crippen LogP contribution is -2.41. The van der Waals surface area contributed by atoms with E-state index in [4.69, 9.17) is 4.84 Å². The Kier molecular flexibility index (Phi) is 2.94. The molecule has 2 aliphatic carbocycles. The first-order valence-corrected chi connectivity index (χ1v) is 7.95. The molecule has 0 aromatic heterocycles. The number of carbonyl (C=O) groups excluding carboxylic acids is 2. The molecule has 2 heterocycles. The second kappa shape index (κ2) is 4.71. The Labute approximate surface area is 123 Å². The summed E-state index contributed by atoms with van der Waals surface area (Å²) in [7, 11) is 0. The molecule has 114 valence electrons. The van der Waals surface area contributed by atoms with Crippen molar-refractivity contribution in [3.05, 3.63) is 0 Å². The molecule has 2 aliphatic heterocycles. The van der Waals surface area contributed by atoms with Crippen molar-refractivity contribution in [2.24, 2.45) is 22.9 Å². The van der Waals surface area contributed by atoms with Gasteiger partial charge in [-0.3, -0.25) is 9.59 Å². The highest BCUT2D eigenvalue weighted by Crippen LogP contribution is 2.37. The standard InChI is InChI=1S/C15H21N3O3/c1-8-4-9(5-8)15(20)18-6-11-12(7-18)21-17-13(11)14(19)16-10-2-3-10/h8-12H,2-7H2,1H3,(H,16,19)/t8?,9?,11-,12+/m0/s1. The molecule has 6 heteroatoms. The molecule has 0 radical (unpaired) electrons. The smallest absolute Gasteiger partial charge is 0.269 e. The number of fused-ring (bicyclic) bond motifs is 1. The van der Waals surface area contributed by atoms with E-state index in [1.54, 1.807) is 0 Å². The van der Waals surface area contributed by atoms with Crippen molar-refractivity contribution in [1.29, 1.82) is 0 Å². The van der Waals surface area contributed by atoms with Crippen LogP contribution in [0.4, 0.5) is 0 Å². The van der Waals surface area contributed by atoms with E-state index in [1.807, 2.05) is 4.90 Å². The molecule has 2 atom stereocenters. The van der Waals surface area contributed by atoms with Gasteiger partial charge in [-0.25, -0.2) is 0 Å². The van der Waals surface area contributed by atoms with Crippen LogP contribution in [0.5, 0.6) is 0 Å². The Morgan fingerprint density at radius 3 is 2.71 bits per heavy atom. The van der Waals surface area contributed by atoms with E-state index in [1.165, 1.54) is 0 Å². The molecule has 4 aliphatic rings. The zero-order valence-corrected chi connectivity index (χ0v) is 12.2. The minimum absolute atomic E-state index is 0.0507. The van der Waals surface area contributed by atoms with E-state index >= 15 is 0 Å². The average molecular weight is 291 g/mol. The Bertz CT molecular complexity index is 508. The lowest BCUT2D eigenvalue weighted by Gasteiger charge is -2.34. The first-order valence-electron chi connectivity index (χ1n) is 7.95. The first kappa shape index (κ1) is 13.1. The Morgan fingerprint density at radius 2 is 2.05 bits per heavy atom. The van der Waals surface area contributed by atoms with Gasteiger partial charge in [-0.1, -0.05) is 12.1 Å². The second-order valence-corrected chi connectivity index (χ2v) is 6.99. The fraction of sp³-hybridized carbons (Fsp3) is 0.800. The summed E-state index contributed by atoms with van der Waals surface area (Å²) < 4.78 is 0. The van der Waals surface area contributed by atoms with Crippen LogP contribution in [0.25, 0.3) is 0 Å². The van der Waals surface area contributed by atoms with Crippen LogP contribution in [-0.4, -0.2) is 47.7 Å². The van der Waals surface area contributed by atoms with Crippen molar-refractivity contribution in [2.75, 3.05) is 13.1 Å². The second-order valence-electron chi connectivity index (χ2n) is 6.99. The van der Waals surface area contributed by atoms with E-state index in [0.717, 1.165) is 25.7 Å². The van der Waals surface area contributed by atoms with Gasteiger partial charge in [0, 0.05) is 18.5 Å². The Balaban J connectivity index is 1.38. The SMILES string of the molecule is CC1CC(C(=O)N2C[C@@H]3C(C(=O)NC4CC4)=NO[C@@H]3C2)C1. The number of oxime groups is 1. The van der Waals surface area contributed by atoms with Crippen molar-refractivity contribution >= 4 is 17.5 Å². The van der Waals surface area contributed by atoms with Crippen LogP contribution in [0, 0.1) is 17.8 Å². The molecule has 0 unspecified atom stereocenters. The van der Waals surface area contributed by atoms with Crippen molar-refractivity contribution in [1.82, 2.24) is 10.2 Å². The zero-order valence-electron chi connectivity index (χ0n) is 12.2. The summed E-state index contributed by atoms with van der Waals surface area (Å²) in [6.45, 7) is 3.32. The third kappa shape index (κ3) is 2.30. The normalized spacial score (nSPS) is 37.4. The van der Waals surface area contributed by atoms with Crippen molar-refractivity contribution < 1.29 is 14.4 Å². The molecular weight excluding hydrogens is 270 g/mol. The van der Waals surface area contributed by atoms with Gasteiger partial charge in [-0.05, 0) is 31.6 Å². The van der Waals surface area contributed by atoms with Gasteiger partial charge in [0.25, 0.3) is 5.91 Å². The fourth-order valence-corrected chi connectivity index (χ4v) is 3.57. The summed E-state index contributed by atoms with van der Waals surface area (Å²) in [5.41, 5.74) is 0.476. The maximum absolute atomic E-state index is 12.4. The van der Waals surface area contributed by atoms with Gasteiger partial charge in [0.2, 0.25) is 5.91 Å². The fourth-order valence-electron chi connectivity index (χ4n) is 3.57. The third-order valence-electron chi connectivity index (χ3n) is 5.08. The number of hydrogen-bond donors (Lipinski definition) is 1. The van der Waals surface area contributed by atoms with Gasteiger partial charge in [0.05, 0.1) is 12.5 Å². The maximum Gasteiger partial charge on any atom is 0.269 e. The predicted molar refractivity (Wildman–Crippen MR) is 75.4 cm³/mol. The van der Waals surface area contributed by atoms with E-state index in [0.29, 0.717) is 30.8 Å². The lowest BCUT2D eigenvalue weighted by molar-refractivity contribution is -0.139. The molecule has 21 heavy (non-hydrogen) atoms. The van der Waals surface area contributed by atoms with E-state index < -0.39 is 0 Å². The van der Waals surface area contributed by atoms with Crippen LogP contribution < -0.4 is 5.32 Å². The van der Waals surface area contributed by atoms with Gasteiger partial charge in [-0.2, -0.15) is 0 Å². The first-order chi connectivity index (χ1) is 10.1. The van der Waals surface area contributed by atoms with Gasteiger partial charge >= 0.3 is 0 Å². The van der Waals surface area contributed by atoms with Crippen LogP contribution >= 0.6 is 0 Å². The monoisotopic (exact) mass is 291 g/mol. The van der Waals surface area contributed by atoms with E-state index in [2.05, 4.69) is 17.4 Å². The van der Waals surface area contributed by atoms with Gasteiger partial charge < -0.3 is 15.1 Å². The molecule has 2 amide bonds. The summed E-state index contributed by atoms with van der Waals surface area (Å²) in [6, 6.07) is 0.315. The van der Waals surface area contributed by atoms with Crippen LogP contribution in [0.1, 0.15) is 32.6 Å². The average Bonchev–Trinajstić information content (AvgIpc) is 2.99. The van der Waals surface area contributed by atoms with E-state index in [9.17, 15) is 9.59 Å². The molecule has 0 aromatic rings. The molecule has 1 saturated heterocycles. The highest BCUT2D eigenvalue weighted by Gasteiger charge is 2.48. The van der Waals surface area contributed by atoms with E-state index in [-0.39, 0.29) is 29.8 Å². The molecule has 0 aromatic carbocycles. The number of carbonyl (C=O) groups is 2. The van der Waals surface area contributed by atoms with Crippen LogP contribution in [0.15, 0.2) is 5.16 Å². The van der Waals surface area contributed by atoms with Gasteiger partial charge in [-0.15, -0.1) is 0 Å². The summed E-state index contributed by atoms with van der Waals surface area (Å²) in [5, 5.41) is 6.90. The number of nitrogens with zero attached hydrogens (tertiary/aromatic N) is 2. The zero-order chi connectivity index (χ0) is 14.6. The molecule has 6 nitrogen and oxygen atoms in total. The highest BCUT2D eigenvalue weighted by atomic mass is 16.6. The predicted octanol–water partition coefficient (Wildman–Crippen LogP) is 0.524. The number of likely N-dealkylation sites (tertiary alicyclic amines) is 1. The number of nitrogens with one attached hydrogen (secondary N) is 1. The van der Waals surface area contributed by atoms with Crippen LogP contribution in [0.2, 0.25) is 0 Å². The lowest BCUT2D eigenvalue weighted by atomic mass is 9.75. The van der Waals surface area contributed by atoms with Crippen molar-refractivity contribution in [3.63, 3.8) is 0 Å². The molecular formula is C15H21N3O3. The highest BCUT2D eigenvalue weighted by molar-refractivity contribution is 6.40. The molecule has 3 fully saturated rings. The third-order valence-corrected chi connectivity index (χ3v) is 5.08. The molecule has 4 rings (SSSR count). The Hall–Kier alpha value is -1.59. The number of hydrogen-bond acceptors (Lipinski definition) is 4. The summed E-state index contributed by atoms with van der Waals surface area (Å²) >= 11 is 0. The molecule has 0 bridgehead atoms. The largest absolute Gasteiger partial charge is 0.389 e. The summed E-state index contributed by atoms with van der Waals surface area (Å²) in [6.07, 6.45) is 3.96. The quantitative estimate of drug-likeness (QED) is 0.824. The minimum Gasteiger partial charge on any atom is -0.389 e. The summed E-state index contributed by atoms with van der Waals surface area (Å²) in [4.78, 5) is 31.8. The molecule has 1 N–H and O–H groups in total. The number of amides is 2. The van der Waals surface area contributed by atoms with Crippen LogP contribution in [0.3, 0.4) is 0 Å². The molecule has 0 spiro atoms. The summed E-state index contributed by atoms with van der Waals surface area (Å²) in [5.74, 6) is 0.910. The van der Waals surface area contributed by atoms with Crippen LogP contribution in [-0.2, 0) is 14.4 Å². The maximum atomic E-state index is 12.4. The van der Waals surface area contributed by atoms with Crippen molar-refractivity contribution in [3.8, 4) is 0 Å². The number of rotatable bonds is 3. The van der Waals surface area contributed by atoms with Gasteiger partial charge in [0.1, 0.15) is 0 Å².